The number of aliphatic hydroxyl groups is 1. The molecule has 0 fully saturated rings. The van der Waals surface area contributed by atoms with Gasteiger partial charge in [-0.05, 0) is 74.0 Å². The van der Waals surface area contributed by atoms with E-state index in [1.165, 1.54) is 24.5 Å². The van der Waals surface area contributed by atoms with Gasteiger partial charge in [-0.25, -0.2) is 15.8 Å². The zero-order chi connectivity index (χ0) is 29.0. The number of aliphatic hydroxyl groups excluding tert-OH is 1. The van der Waals surface area contributed by atoms with Crippen molar-refractivity contribution in [1.29, 1.82) is 0 Å². The maximum Gasteiger partial charge on any atom is 0.416 e. The van der Waals surface area contributed by atoms with E-state index in [2.05, 4.69) is 20.2 Å². The number of imidazole rings is 1. The normalized spacial score (nSPS) is 13.1. The minimum atomic E-state index is -4.68. The van der Waals surface area contributed by atoms with E-state index >= 15 is 0 Å². The molecule has 0 bridgehead atoms. The SMILES string of the molecule is CCN(CC)c1ccc(C(=O)NC(c2cccc(C(F)(F)F)c2)C(O)C(=O)N(N)c2ccc3[nH]cnc3c2)cc1. The van der Waals surface area contributed by atoms with Crippen molar-refractivity contribution in [2.75, 3.05) is 23.0 Å². The highest BCUT2D eigenvalue weighted by Crippen LogP contribution is 2.32. The number of rotatable bonds is 9. The van der Waals surface area contributed by atoms with E-state index in [0.29, 0.717) is 16.0 Å². The maximum atomic E-state index is 13.5. The predicted octanol–water partition coefficient (Wildman–Crippen LogP) is 4.17. The van der Waals surface area contributed by atoms with Crippen molar-refractivity contribution in [2.24, 2.45) is 5.84 Å². The first-order valence-electron chi connectivity index (χ1n) is 12.6. The molecule has 0 aliphatic carbocycles. The summed E-state index contributed by atoms with van der Waals surface area (Å²) in [5.74, 6) is 4.28. The summed E-state index contributed by atoms with van der Waals surface area (Å²) in [6.45, 7) is 5.51. The summed E-state index contributed by atoms with van der Waals surface area (Å²) in [5.41, 5.74) is 1.34. The quantitative estimate of drug-likeness (QED) is 0.140. The standard InChI is InChI=1S/C28H29F3N6O3/c1-3-36(4-2)20-10-8-17(9-11-20)26(39)35-24(18-6-5-7-19(14-18)28(29,30)31)25(38)27(40)37(32)21-12-13-22-23(15-21)34-16-33-22/h5-16,24-25,38H,3-4,32H2,1-2H3,(H,33,34)(H,35,39). The van der Waals surface area contributed by atoms with Crippen molar-refractivity contribution < 1.29 is 27.9 Å². The van der Waals surface area contributed by atoms with Crippen molar-refractivity contribution in [3.63, 3.8) is 0 Å². The summed E-state index contributed by atoms with van der Waals surface area (Å²) >= 11 is 0. The second-order valence-electron chi connectivity index (χ2n) is 9.05. The van der Waals surface area contributed by atoms with Gasteiger partial charge in [-0.2, -0.15) is 13.2 Å². The van der Waals surface area contributed by atoms with Crippen LogP contribution in [0.1, 0.15) is 41.4 Å². The summed E-state index contributed by atoms with van der Waals surface area (Å²) in [5, 5.41) is 14.3. The molecule has 3 aromatic carbocycles. The van der Waals surface area contributed by atoms with Crippen molar-refractivity contribution in [3.8, 4) is 0 Å². The molecular weight excluding hydrogens is 525 g/mol. The van der Waals surface area contributed by atoms with Gasteiger partial charge in [0, 0.05) is 24.3 Å². The van der Waals surface area contributed by atoms with Crippen LogP contribution in [0.3, 0.4) is 0 Å². The number of aromatic amines is 1. The number of fused-ring (bicyclic) bond motifs is 1. The number of hydrogen-bond donors (Lipinski definition) is 4. The first kappa shape index (κ1) is 28.6. The molecule has 0 saturated carbocycles. The number of anilines is 2. The van der Waals surface area contributed by atoms with Crippen LogP contribution in [0.5, 0.6) is 0 Å². The number of H-pyrrole nitrogens is 1. The molecule has 0 aliphatic heterocycles. The third kappa shape index (κ3) is 6.08. The van der Waals surface area contributed by atoms with Crippen LogP contribution in [0.2, 0.25) is 0 Å². The molecule has 12 heteroatoms. The molecular formula is C28H29F3N6O3. The number of hydrazine groups is 1. The minimum absolute atomic E-state index is 0.125. The molecule has 1 aromatic heterocycles. The van der Waals surface area contributed by atoms with E-state index in [9.17, 15) is 27.9 Å². The Bertz CT molecular complexity index is 1480. The summed E-state index contributed by atoms with van der Waals surface area (Å²) in [6, 6.07) is 13.8. The molecule has 1 heterocycles. The molecule has 40 heavy (non-hydrogen) atoms. The molecule has 210 valence electrons. The number of carbonyl (C=O) groups is 2. The van der Waals surface area contributed by atoms with Crippen molar-refractivity contribution in [2.45, 2.75) is 32.2 Å². The van der Waals surface area contributed by atoms with Crippen molar-refractivity contribution in [3.05, 3.63) is 89.7 Å². The fourth-order valence-electron chi connectivity index (χ4n) is 4.37. The summed E-state index contributed by atoms with van der Waals surface area (Å²) in [4.78, 5) is 35.5. The van der Waals surface area contributed by atoms with Gasteiger partial charge in [-0.15, -0.1) is 0 Å². The van der Waals surface area contributed by atoms with Crippen LogP contribution in [-0.4, -0.2) is 46.1 Å². The molecule has 0 radical (unpaired) electrons. The van der Waals surface area contributed by atoms with Crippen LogP contribution in [0.15, 0.2) is 73.1 Å². The van der Waals surface area contributed by atoms with E-state index in [-0.39, 0.29) is 16.8 Å². The number of nitrogens with zero attached hydrogens (tertiary/aromatic N) is 3. The number of nitrogens with one attached hydrogen (secondary N) is 2. The Balaban J connectivity index is 1.65. The van der Waals surface area contributed by atoms with E-state index in [1.807, 2.05) is 13.8 Å². The third-order valence-electron chi connectivity index (χ3n) is 6.61. The summed E-state index contributed by atoms with van der Waals surface area (Å²) in [6.07, 6.45) is -5.25. The third-order valence-corrected chi connectivity index (χ3v) is 6.61. The van der Waals surface area contributed by atoms with Gasteiger partial charge in [-0.1, -0.05) is 12.1 Å². The lowest BCUT2D eigenvalue weighted by Crippen LogP contribution is -2.50. The van der Waals surface area contributed by atoms with Crippen molar-refractivity contribution >= 4 is 34.2 Å². The largest absolute Gasteiger partial charge is 0.416 e. The second kappa shape index (κ2) is 11.8. The zero-order valence-electron chi connectivity index (χ0n) is 21.8. The zero-order valence-corrected chi connectivity index (χ0v) is 21.8. The highest BCUT2D eigenvalue weighted by molar-refractivity contribution is 5.99. The van der Waals surface area contributed by atoms with E-state index < -0.39 is 35.7 Å². The molecule has 5 N–H and O–H groups in total. The molecule has 4 aromatic rings. The van der Waals surface area contributed by atoms with Crippen LogP contribution in [0, 0.1) is 0 Å². The molecule has 0 aliphatic rings. The van der Waals surface area contributed by atoms with Gasteiger partial charge < -0.3 is 20.3 Å². The molecule has 9 nitrogen and oxygen atoms in total. The predicted molar refractivity (Wildman–Crippen MR) is 145 cm³/mol. The minimum Gasteiger partial charge on any atom is -0.381 e. The highest BCUT2D eigenvalue weighted by Gasteiger charge is 2.35. The Labute approximate surface area is 228 Å². The van der Waals surface area contributed by atoms with Gasteiger partial charge in [0.2, 0.25) is 0 Å². The molecule has 4 rings (SSSR count). The fraction of sp³-hybridized carbons (Fsp3) is 0.250. The van der Waals surface area contributed by atoms with Gasteiger partial charge in [0.25, 0.3) is 11.8 Å². The first-order valence-corrected chi connectivity index (χ1v) is 12.6. The van der Waals surface area contributed by atoms with Gasteiger partial charge in [0.15, 0.2) is 6.10 Å². The lowest BCUT2D eigenvalue weighted by Gasteiger charge is -2.28. The number of nitrogens with two attached hydrogens (primary N) is 1. The lowest BCUT2D eigenvalue weighted by molar-refractivity contribution is -0.137. The van der Waals surface area contributed by atoms with Crippen LogP contribution < -0.4 is 21.1 Å². The average Bonchev–Trinajstić information content (AvgIpc) is 3.43. The topological polar surface area (TPSA) is 128 Å². The van der Waals surface area contributed by atoms with Crippen LogP contribution >= 0.6 is 0 Å². The summed E-state index contributed by atoms with van der Waals surface area (Å²) in [7, 11) is 0. The van der Waals surface area contributed by atoms with Gasteiger partial charge in [-0.3, -0.25) is 9.59 Å². The van der Waals surface area contributed by atoms with Crippen LogP contribution in [0.25, 0.3) is 11.0 Å². The Morgan fingerprint density at radius 3 is 2.35 bits per heavy atom. The summed E-state index contributed by atoms with van der Waals surface area (Å²) < 4.78 is 40.4. The van der Waals surface area contributed by atoms with E-state index in [1.54, 1.807) is 30.3 Å². The molecule has 0 spiro atoms. The van der Waals surface area contributed by atoms with Crippen LogP contribution in [-0.2, 0) is 11.0 Å². The number of alkyl halides is 3. The Hall–Kier alpha value is -4.42. The second-order valence-corrected chi connectivity index (χ2v) is 9.05. The average molecular weight is 555 g/mol. The van der Waals surface area contributed by atoms with E-state index in [0.717, 1.165) is 37.0 Å². The maximum absolute atomic E-state index is 13.5. The molecule has 2 atom stereocenters. The molecule has 2 amide bonds. The van der Waals surface area contributed by atoms with Gasteiger partial charge in [0.1, 0.15) is 0 Å². The molecule has 2 unspecified atom stereocenters. The number of amides is 2. The number of hydrogen-bond acceptors (Lipinski definition) is 6. The van der Waals surface area contributed by atoms with Crippen LogP contribution in [0.4, 0.5) is 24.5 Å². The number of benzene rings is 3. The monoisotopic (exact) mass is 554 g/mol. The Morgan fingerprint density at radius 1 is 1.02 bits per heavy atom. The van der Waals surface area contributed by atoms with Gasteiger partial charge in [0.05, 0.1) is 34.7 Å². The Kier molecular flexibility index (Phi) is 8.40. The number of halogens is 3. The fourth-order valence-corrected chi connectivity index (χ4v) is 4.37. The van der Waals surface area contributed by atoms with Gasteiger partial charge >= 0.3 is 6.18 Å². The molecule has 0 saturated heterocycles. The van der Waals surface area contributed by atoms with E-state index in [4.69, 9.17) is 5.84 Å². The Morgan fingerprint density at radius 2 is 1.70 bits per heavy atom. The van der Waals surface area contributed by atoms with Crippen molar-refractivity contribution in [1.82, 2.24) is 15.3 Å². The lowest BCUT2D eigenvalue weighted by atomic mass is 9.97. The highest BCUT2D eigenvalue weighted by atomic mass is 19.4. The first-order chi connectivity index (χ1) is 19.0. The number of aromatic nitrogens is 2. The smallest absolute Gasteiger partial charge is 0.381 e. The number of carbonyl (C=O) groups excluding carboxylic acids is 2.